The van der Waals surface area contributed by atoms with Gasteiger partial charge in [-0.15, -0.1) is 0 Å². The molecule has 2 unspecified atom stereocenters. The van der Waals surface area contributed by atoms with Crippen molar-refractivity contribution >= 4 is 0 Å². The fourth-order valence-corrected chi connectivity index (χ4v) is 2.76. The molecule has 0 spiro atoms. The van der Waals surface area contributed by atoms with Crippen LogP contribution in [-0.2, 0) is 6.42 Å². The minimum Gasteiger partial charge on any atom is -0.311 e. The van der Waals surface area contributed by atoms with E-state index in [4.69, 9.17) is 0 Å². The number of hydrogen-bond acceptors (Lipinski definition) is 2. The van der Waals surface area contributed by atoms with Crippen LogP contribution in [0.5, 0.6) is 0 Å². The zero-order valence-electron chi connectivity index (χ0n) is 10.9. The van der Waals surface area contributed by atoms with E-state index in [0.717, 1.165) is 12.1 Å². The Labute approximate surface area is 105 Å². The molecule has 17 heavy (non-hydrogen) atoms. The number of hydrogen-bond donors (Lipinski definition) is 1. The SMILES string of the molecule is CCC1CCCC(CCCc2ccncc2)N1. The number of pyridine rings is 1. The average Bonchev–Trinajstić information content (AvgIpc) is 2.40. The minimum atomic E-state index is 0.760. The molecular formula is C15H24N2. The normalized spacial score (nSPS) is 24.8. The van der Waals surface area contributed by atoms with Crippen molar-refractivity contribution in [3.8, 4) is 0 Å². The van der Waals surface area contributed by atoms with Crippen LogP contribution < -0.4 is 5.32 Å². The first kappa shape index (κ1) is 12.6. The van der Waals surface area contributed by atoms with Crippen molar-refractivity contribution in [2.75, 3.05) is 0 Å². The van der Waals surface area contributed by atoms with Gasteiger partial charge in [-0.25, -0.2) is 0 Å². The lowest BCUT2D eigenvalue weighted by Gasteiger charge is -2.30. The van der Waals surface area contributed by atoms with E-state index >= 15 is 0 Å². The lowest BCUT2D eigenvalue weighted by molar-refractivity contribution is 0.298. The molecule has 0 radical (unpaired) electrons. The van der Waals surface area contributed by atoms with Crippen LogP contribution in [-0.4, -0.2) is 17.1 Å². The molecule has 2 heterocycles. The van der Waals surface area contributed by atoms with Gasteiger partial charge in [-0.05, 0) is 56.2 Å². The summed E-state index contributed by atoms with van der Waals surface area (Å²) in [6, 6.07) is 5.79. The summed E-state index contributed by atoms with van der Waals surface area (Å²) in [6.07, 6.45) is 13.0. The number of nitrogens with one attached hydrogen (secondary N) is 1. The zero-order chi connectivity index (χ0) is 11.9. The Morgan fingerprint density at radius 2 is 2.00 bits per heavy atom. The number of aryl methyl sites for hydroxylation is 1. The Morgan fingerprint density at radius 1 is 1.24 bits per heavy atom. The largest absolute Gasteiger partial charge is 0.311 e. The average molecular weight is 232 g/mol. The van der Waals surface area contributed by atoms with E-state index in [9.17, 15) is 0 Å². The van der Waals surface area contributed by atoms with Crippen LogP contribution in [0.3, 0.4) is 0 Å². The summed E-state index contributed by atoms with van der Waals surface area (Å²) in [6.45, 7) is 2.29. The Hall–Kier alpha value is -0.890. The Balaban J connectivity index is 1.68. The van der Waals surface area contributed by atoms with Crippen LogP contribution in [0.1, 0.15) is 51.0 Å². The topological polar surface area (TPSA) is 24.9 Å². The second-order valence-corrected chi connectivity index (χ2v) is 5.15. The van der Waals surface area contributed by atoms with E-state index in [-0.39, 0.29) is 0 Å². The zero-order valence-corrected chi connectivity index (χ0v) is 10.9. The highest BCUT2D eigenvalue weighted by molar-refractivity contribution is 5.09. The molecule has 0 saturated carbocycles. The van der Waals surface area contributed by atoms with Gasteiger partial charge in [0.2, 0.25) is 0 Å². The predicted octanol–water partition coefficient (Wildman–Crippen LogP) is 3.33. The van der Waals surface area contributed by atoms with Crippen LogP contribution in [0.15, 0.2) is 24.5 Å². The van der Waals surface area contributed by atoms with Gasteiger partial charge in [0, 0.05) is 24.5 Å². The lowest BCUT2D eigenvalue weighted by atomic mass is 9.93. The maximum Gasteiger partial charge on any atom is 0.0270 e. The van der Waals surface area contributed by atoms with Crippen molar-refractivity contribution in [3.63, 3.8) is 0 Å². The van der Waals surface area contributed by atoms with Gasteiger partial charge in [0.05, 0.1) is 0 Å². The molecule has 1 N–H and O–H groups in total. The number of aromatic nitrogens is 1. The highest BCUT2D eigenvalue weighted by Gasteiger charge is 2.18. The summed E-state index contributed by atoms with van der Waals surface area (Å²) >= 11 is 0. The highest BCUT2D eigenvalue weighted by atomic mass is 15.0. The van der Waals surface area contributed by atoms with Crippen LogP contribution >= 0.6 is 0 Å². The Morgan fingerprint density at radius 3 is 2.76 bits per heavy atom. The molecule has 0 aliphatic carbocycles. The maximum absolute atomic E-state index is 4.05. The monoisotopic (exact) mass is 232 g/mol. The van der Waals surface area contributed by atoms with Crippen molar-refractivity contribution in [2.45, 2.75) is 64.0 Å². The van der Waals surface area contributed by atoms with Gasteiger partial charge >= 0.3 is 0 Å². The quantitative estimate of drug-likeness (QED) is 0.842. The highest BCUT2D eigenvalue weighted by Crippen LogP contribution is 2.18. The third kappa shape index (κ3) is 4.12. The molecule has 2 atom stereocenters. The minimum absolute atomic E-state index is 0.760. The van der Waals surface area contributed by atoms with Crippen molar-refractivity contribution < 1.29 is 0 Å². The summed E-state index contributed by atoms with van der Waals surface area (Å²) in [5.74, 6) is 0. The summed E-state index contributed by atoms with van der Waals surface area (Å²) in [5, 5.41) is 3.78. The van der Waals surface area contributed by atoms with E-state index < -0.39 is 0 Å². The third-order valence-electron chi connectivity index (χ3n) is 3.84. The smallest absolute Gasteiger partial charge is 0.0270 e. The van der Waals surface area contributed by atoms with E-state index in [0.29, 0.717) is 0 Å². The summed E-state index contributed by atoms with van der Waals surface area (Å²) in [5.41, 5.74) is 1.42. The fourth-order valence-electron chi connectivity index (χ4n) is 2.76. The van der Waals surface area contributed by atoms with Gasteiger partial charge in [-0.2, -0.15) is 0 Å². The second kappa shape index (κ2) is 6.75. The summed E-state index contributed by atoms with van der Waals surface area (Å²) in [7, 11) is 0. The molecular weight excluding hydrogens is 208 g/mol. The molecule has 1 aromatic heterocycles. The lowest BCUT2D eigenvalue weighted by Crippen LogP contribution is -2.41. The second-order valence-electron chi connectivity index (χ2n) is 5.15. The first-order valence-corrected chi connectivity index (χ1v) is 7.03. The maximum atomic E-state index is 4.05. The van der Waals surface area contributed by atoms with Crippen LogP contribution in [0.4, 0.5) is 0 Å². The van der Waals surface area contributed by atoms with Gasteiger partial charge in [0.15, 0.2) is 0 Å². The molecule has 1 fully saturated rings. The molecule has 2 rings (SSSR count). The van der Waals surface area contributed by atoms with Crippen molar-refractivity contribution in [1.82, 2.24) is 10.3 Å². The first-order chi connectivity index (χ1) is 8.38. The van der Waals surface area contributed by atoms with Gasteiger partial charge in [-0.1, -0.05) is 13.3 Å². The number of nitrogens with zero attached hydrogens (tertiary/aromatic N) is 1. The molecule has 0 aromatic carbocycles. The van der Waals surface area contributed by atoms with Gasteiger partial charge in [0.1, 0.15) is 0 Å². The number of rotatable bonds is 5. The molecule has 1 saturated heterocycles. The van der Waals surface area contributed by atoms with Gasteiger partial charge < -0.3 is 5.32 Å². The molecule has 1 aliphatic rings. The van der Waals surface area contributed by atoms with Crippen molar-refractivity contribution in [2.24, 2.45) is 0 Å². The van der Waals surface area contributed by atoms with E-state index in [1.54, 1.807) is 0 Å². The van der Waals surface area contributed by atoms with Crippen molar-refractivity contribution in [3.05, 3.63) is 30.1 Å². The Kier molecular flexibility index (Phi) is 4.99. The molecule has 0 bridgehead atoms. The predicted molar refractivity (Wildman–Crippen MR) is 72.0 cm³/mol. The Bertz CT molecular complexity index is 310. The van der Waals surface area contributed by atoms with Crippen LogP contribution in [0.2, 0.25) is 0 Å². The molecule has 0 amide bonds. The standard InChI is InChI=1S/C15H24N2/c1-2-14-6-4-8-15(17-14)7-3-5-13-9-11-16-12-10-13/h9-12,14-15,17H,2-8H2,1H3. The van der Waals surface area contributed by atoms with Gasteiger partial charge in [0.25, 0.3) is 0 Å². The third-order valence-corrected chi connectivity index (χ3v) is 3.84. The van der Waals surface area contributed by atoms with E-state index in [1.165, 1.54) is 50.5 Å². The molecule has 1 aromatic rings. The van der Waals surface area contributed by atoms with Crippen LogP contribution in [0, 0.1) is 0 Å². The molecule has 2 heteroatoms. The molecule has 94 valence electrons. The fraction of sp³-hybridized carbons (Fsp3) is 0.667. The van der Waals surface area contributed by atoms with E-state index in [1.807, 2.05) is 12.4 Å². The number of piperidine rings is 1. The summed E-state index contributed by atoms with van der Waals surface area (Å²) < 4.78 is 0. The first-order valence-electron chi connectivity index (χ1n) is 7.03. The van der Waals surface area contributed by atoms with E-state index in [2.05, 4.69) is 29.4 Å². The molecule has 1 aliphatic heterocycles. The van der Waals surface area contributed by atoms with Gasteiger partial charge in [-0.3, -0.25) is 4.98 Å². The van der Waals surface area contributed by atoms with Crippen LogP contribution in [0.25, 0.3) is 0 Å². The molecule has 2 nitrogen and oxygen atoms in total. The summed E-state index contributed by atoms with van der Waals surface area (Å²) in [4.78, 5) is 4.05. The van der Waals surface area contributed by atoms with Crippen molar-refractivity contribution in [1.29, 1.82) is 0 Å².